The van der Waals surface area contributed by atoms with Crippen molar-refractivity contribution in [3.63, 3.8) is 0 Å². The van der Waals surface area contributed by atoms with Crippen LogP contribution in [-0.4, -0.2) is 64.4 Å². The number of carbonyl (C=O) groups is 2. The molecule has 1 aliphatic heterocycles. The third kappa shape index (κ3) is 3.34. The normalized spacial score (nSPS) is 16.7. The third-order valence-corrected chi connectivity index (χ3v) is 3.71. The van der Waals surface area contributed by atoms with E-state index in [-0.39, 0.29) is 18.0 Å². The molecule has 0 radical (unpaired) electrons. The standard InChI is InChI=1S/C14H22N4O3/c1-4-21-14(20)17-9-7-16(8-10-17)13(19)12(3)18-11(2)5-6-15-18/h5-6,12H,4,7-10H2,1-3H3. The fraction of sp³-hybridized carbons (Fsp3) is 0.643. The zero-order chi connectivity index (χ0) is 15.4. The average molecular weight is 294 g/mol. The van der Waals surface area contributed by atoms with E-state index in [9.17, 15) is 9.59 Å². The van der Waals surface area contributed by atoms with Crippen LogP contribution in [0.25, 0.3) is 0 Å². The summed E-state index contributed by atoms with van der Waals surface area (Å²) in [5.74, 6) is 0.0327. The molecule has 1 aromatic rings. The van der Waals surface area contributed by atoms with Crippen LogP contribution >= 0.6 is 0 Å². The van der Waals surface area contributed by atoms with E-state index in [1.165, 1.54) is 0 Å². The first-order valence-electron chi connectivity index (χ1n) is 7.25. The SMILES string of the molecule is CCOC(=O)N1CCN(C(=O)C(C)n2nccc2C)CC1. The molecule has 7 heteroatoms. The summed E-state index contributed by atoms with van der Waals surface area (Å²) in [5.41, 5.74) is 0.959. The summed E-state index contributed by atoms with van der Waals surface area (Å²) in [4.78, 5) is 27.5. The fourth-order valence-electron chi connectivity index (χ4n) is 2.48. The highest BCUT2D eigenvalue weighted by atomic mass is 16.6. The molecule has 2 amide bonds. The fourth-order valence-corrected chi connectivity index (χ4v) is 2.48. The highest BCUT2D eigenvalue weighted by Gasteiger charge is 2.28. The lowest BCUT2D eigenvalue weighted by atomic mass is 10.2. The lowest BCUT2D eigenvalue weighted by Crippen LogP contribution is -2.52. The van der Waals surface area contributed by atoms with Gasteiger partial charge in [0.1, 0.15) is 6.04 Å². The minimum Gasteiger partial charge on any atom is -0.450 e. The van der Waals surface area contributed by atoms with Crippen LogP contribution in [0.15, 0.2) is 12.3 Å². The van der Waals surface area contributed by atoms with Crippen molar-refractivity contribution in [2.75, 3.05) is 32.8 Å². The first kappa shape index (κ1) is 15.3. The Morgan fingerprint density at radius 2 is 1.90 bits per heavy atom. The second-order valence-electron chi connectivity index (χ2n) is 5.10. The van der Waals surface area contributed by atoms with Gasteiger partial charge in [-0.1, -0.05) is 0 Å². The molecular formula is C14H22N4O3. The number of hydrogen-bond acceptors (Lipinski definition) is 4. The van der Waals surface area contributed by atoms with E-state index in [0.717, 1.165) is 5.69 Å². The topological polar surface area (TPSA) is 67.7 Å². The molecule has 1 unspecified atom stereocenters. The molecule has 0 spiro atoms. The molecule has 116 valence electrons. The van der Waals surface area contributed by atoms with Gasteiger partial charge in [-0.25, -0.2) is 4.79 Å². The molecule has 1 aliphatic rings. The summed E-state index contributed by atoms with van der Waals surface area (Å²) < 4.78 is 6.69. The van der Waals surface area contributed by atoms with Crippen molar-refractivity contribution in [2.45, 2.75) is 26.8 Å². The van der Waals surface area contributed by atoms with E-state index in [2.05, 4.69) is 5.10 Å². The van der Waals surface area contributed by atoms with Crippen LogP contribution in [0.2, 0.25) is 0 Å². The van der Waals surface area contributed by atoms with Crippen LogP contribution in [0.4, 0.5) is 4.79 Å². The number of aromatic nitrogens is 2. The Morgan fingerprint density at radius 3 is 2.43 bits per heavy atom. The highest BCUT2D eigenvalue weighted by molar-refractivity contribution is 5.80. The smallest absolute Gasteiger partial charge is 0.409 e. The number of carbonyl (C=O) groups excluding carboxylic acids is 2. The first-order chi connectivity index (χ1) is 10.0. The van der Waals surface area contributed by atoms with Crippen LogP contribution in [0.3, 0.4) is 0 Å². The lowest BCUT2D eigenvalue weighted by molar-refractivity contribution is -0.136. The van der Waals surface area contributed by atoms with Gasteiger partial charge < -0.3 is 14.5 Å². The van der Waals surface area contributed by atoms with Gasteiger partial charge >= 0.3 is 6.09 Å². The van der Waals surface area contributed by atoms with Gasteiger partial charge in [0.05, 0.1) is 6.61 Å². The molecule has 7 nitrogen and oxygen atoms in total. The summed E-state index contributed by atoms with van der Waals surface area (Å²) in [6.07, 6.45) is 1.39. The predicted molar refractivity (Wildman–Crippen MR) is 76.9 cm³/mol. The molecule has 0 saturated carbocycles. The maximum absolute atomic E-state index is 12.5. The lowest BCUT2D eigenvalue weighted by Gasteiger charge is -2.35. The number of nitrogens with zero attached hydrogens (tertiary/aromatic N) is 4. The quantitative estimate of drug-likeness (QED) is 0.836. The molecule has 0 bridgehead atoms. The number of aryl methyl sites for hydroxylation is 1. The van der Waals surface area contributed by atoms with Crippen molar-refractivity contribution >= 4 is 12.0 Å². The van der Waals surface area contributed by atoms with Gasteiger partial charge in [0, 0.05) is 38.1 Å². The van der Waals surface area contributed by atoms with Crippen molar-refractivity contribution in [1.29, 1.82) is 0 Å². The number of ether oxygens (including phenoxy) is 1. The van der Waals surface area contributed by atoms with Crippen LogP contribution in [0.5, 0.6) is 0 Å². The molecule has 0 aliphatic carbocycles. The van der Waals surface area contributed by atoms with Crippen molar-refractivity contribution in [1.82, 2.24) is 19.6 Å². The maximum atomic E-state index is 12.5. The third-order valence-electron chi connectivity index (χ3n) is 3.71. The summed E-state index contributed by atoms with van der Waals surface area (Å²) in [6, 6.07) is 1.55. The molecule has 1 fully saturated rings. The van der Waals surface area contributed by atoms with Crippen LogP contribution in [0.1, 0.15) is 25.6 Å². The number of amides is 2. The molecule has 0 aromatic carbocycles. The van der Waals surface area contributed by atoms with E-state index in [4.69, 9.17) is 4.74 Å². The average Bonchev–Trinajstić information content (AvgIpc) is 2.92. The highest BCUT2D eigenvalue weighted by Crippen LogP contribution is 2.14. The minimum absolute atomic E-state index is 0.0327. The Labute approximate surface area is 124 Å². The van der Waals surface area contributed by atoms with Crippen LogP contribution < -0.4 is 0 Å². The Kier molecular flexibility index (Phi) is 4.82. The summed E-state index contributed by atoms with van der Waals surface area (Å²) in [5, 5.41) is 4.18. The van der Waals surface area contributed by atoms with Gasteiger partial charge in [0.15, 0.2) is 0 Å². The first-order valence-corrected chi connectivity index (χ1v) is 7.25. The summed E-state index contributed by atoms with van der Waals surface area (Å²) in [6.45, 7) is 8.00. The van der Waals surface area contributed by atoms with Crippen molar-refractivity contribution in [3.8, 4) is 0 Å². The molecule has 1 aromatic heterocycles. The second kappa shape index (κ2) is 6.60. The zero-order valence-electron chi connectivity index (χ0n) is 12.8. The minimum atomic E-state index is -0.325. The number of rotatable bonds is 3. The van der Waals surface area contributed by atoms with Gasteiger partial charge in [-0.05, 0) is 26.8 Å². The molecule has 0 N–H and O–H groups in total. The number of piperazine rings is 1. The monoisotopic (exact) mass is 294 g/mol. The van der Waals surface area contributed by atoms with E-state index >= 15 is 0 Å². The summed E-state index contributed by atoms with van der Waals surface area (Å²) in [7, 11) is 0. The largest absolute Gasteiger partial charge is 0.450 e. The van der Waals surface area contributed by atoms with Gasteiger partial charge in [-0.2, -0.15) is 5.10 Å². The molecule has 2 rings (SSSR count). The molecular weight excluding hydrogens is 272 g/mol. The van der Waals surface area contributed by atoms with E-state index < -0.39 is 0 Å². The van der Waals surface area contributed by atoms with E-state index in [0.29, 0.717) is 32.8 Å². The van der Waals surface area contributed by atoms with Gasteiger partial charge in [-0.15, -0.1) is 0 Å². The second-order valence-corrected chi connectivity index (χ2v) is 5.10. The van der Waals surface area contributed by atoms with E-state index in [1.807, 2.05) is 19.9 Å². The molecule has 21 heavy (non-hydrogen) atoms. The number of hydrogen-bond donors (Lipinski definition) is 0. The van der Waals surface area contributed by atoms with Gasteiger partial charge in [-0.3, -0.25) is 9.48 Å². The Hall–Kier alpha value is -2.05. The molecule has 2 heterocycles. The zero-order valence-corrected chi connectivity index (χ0v) is 12.8. The van der Waals surface area contributed by atoms with Gasteiger partial charge in [0.2, 0.25) is 5.91 Å². The van der Waals surface area contributed by atoms with Crippen LogP contribution in [-0.2, 0) is 9.53 Å². The van der Waals surface area contributed by atoms with E-state index in [1.54, 1.807) is 27.6 Å². The van der Waals surface area contributed by atoms with Crippen molar-refractivity contribution in [2.24, 2.45) is 0 Å². The molecule has 1 atom stereocenters. The van der Waals surface area contributed by atoms with Crippen molar-refractivity contribution in [3.05, 3.63) is 18.0 Å². The Morgan fingerprint density at radius 1 is 1.29 bits per heavy atom. The van der Waals surface area contributed by atoms with Crippen molar-refractivity contribution < 1.29 is 14.3 Å². The van der Waals surface area contributed by atoms with Gasteiger partial charge in [0.25, 0.3) is 0 Å². The van der Waals surface area contributed by atoms with Crippen LogP contribution in [0, 0.1) is 6.92 Å². The predicted octanol–water partition coefficient (Wildman–Crippen LogP) is 1.05. The maximum Gasteiger partial charge on any atom is 0.409 e. The summed E-state index contributed by atoms with van der Waals surface area (Å²) >= 11 is 0. The molecule has 1 saturated heterocycles. The Balaban J connectivity index is 1.91. The Bertz CT molecular complexity index is 506.